The molecule has 2 heterocycles. The first-order valence-electron chi connectivity index (χ1n) is 7.80. The SMILES string of the molecule is CCCc1cc(=O)[nH]c(SCc2cc([N+](=O)[O-])cc3c2OCOC3)n1. The molecule has 1 aromatic heterocycles. The summed E-state index contributed by atoms with van der Waals surface area (Å²) in [6.07, 6.45) is 1.62. The molecule has 0 amide bonds. The number of hydrogen-bond donors (Lipinski definition) is 1. The number of H-pyrrole nitrogens is 1. The fourth-order valence-electron chi connectivity index (χ4n) is 2.58. The second kappa shape index (κ2) is 7.66. The second-order valence-corrected chi connectivity index (χ2v) is 6.51. The highest BCUT2D eigenvalue weighted by Crippen LogP contribution is 2.35. The summed E-state index contributed by atoms with van der Waals surface area (Å²) < 4.78 is 10.7. The van der Waals surface area contributed by atoms with Gasteiger partial charge in [0, 0.05) is 40.8 Å². The zero-order chi connectivity index (χ0) is 17.8. The molecule has 0 spiro atoms. The summed E-state index contributed by atoms with van der Waals surface area (Å²) in [5.41, 5.74) is 1.86. The lowest BCUT2D eigenvalue weighted by Crippen LogP contribution is -2.13. The average molecular weight is 363 g/mol. The molecule has 9 heteroatoms. The van der Waals surface area contributed by atoms with E-state index >= 15 is 0 Å². The maximum atomic E-state index is 11.7. The minimum atomic E-state index is -0.439. The quantitative estimate of drug-likeness (QED) is 0.364. The van der Waals surface area contributed by atoms with E-state index in [-0.39, 0.29) is 24.6 Å². The first kappa shape index (κ1) is 17.4. The summed E-state index contributed by atoms with van der Waals surface area (Å²) in [6, 6.07) is 4.44. The minimum Gasteiger partial charge on any atom is -0.467 e. The molecule has 0 unspecified atom stereocenters. The van der Waals surface area contributed by atoms with Gasteiger partial charge >= 0.3 is 0 Å². The van der Waals surface area contributed by atoms with E-state index in [0.29, 0.717) is 27.8 Å². The molecule has 0 fully saturated rings. The standard InChI is InChI=1S/C16H17N3O5S/c1-2-3-12-6-14(20)18-16(17-12)25-8-11-5-13(19(21)22)4-10-7-23-9-24-15(10)11/h4-6H,2-3,7-9H2,1H3,(H,17,18,20). The predicted molar refractivity (Wildman–Crippen MR) is 91.8 cm³/mol. The Balaban J connectivity index is 1.86. The number of aromatic amines is 1. The smallest absolute Gasteiger partial charge is 0.270 e. The Morgan fingerprint density at radius 1 is 1.40 bits per heavy atom. The van der Waals surface area contributed by atoms with Crippen molar-refractivity contribution in [1.29, 1.82) is 0 Å². The van der Waals surface area contributed by atoms with Crippen LogP contribution in [-0.2, 0) is 23.5 Å². The van der Waals surface area contributed by atoms with Crippen LogP contribution < -0.4 is 10.3 Å². The average Bonchev–Trinajstić information content (AvgIpc) is 2.59. The van der Waals surface area contributed by atoms with Crippen molar-refractivity contribution in [1.82, 2.24) is 9.97 Å². The van der Waals surface area contributed by atoms with E-state index in [9.17, 15) is 14.9 Å². The number of benzene rings is 1. The normalized spacial score (nSPS) is 13.2. The Labute approximate surface area is 147 Å². The largest absolute Gasteiger partial charge is 0.467 e. The van der Waals surface area contributed by atoms with Crippen molar-refractivity contribution < 1.29 is 14.4 Å². The Morgan fingerprint density at radius 2 is 2.24 bits per heavy atom. The van der Waals surface area contributed by atoms with E-state index in [4.69, 9.17) is 9.47 Å². The van der Waals surface area contributed by atoms with Crippen LogP contribution in [0.15, 0.2) is 28.2 Å². The van der Waals surface area contributed by atoms with Gasteiger partial charge in [0.1, 0.15) is 5.75 Å². The first-order chi connectivity index (χ1) is 12.1. The molecule has 1 aliphatic rings. The van der Waals surface area contributed by atoms with Gasteiger partial charge in [-0.05, 0) is 6.42 Å². The number of aryl methyl sites for hydroxylation is 1. The van der Waals surface area contributed by atoms with Gasteiger partial charge in [0.2, 0.25) is 0 Å². The molecule has 25 heavy (non-hydrogen) atoms. The van der Waals surface area contributed by atoms with Gasteiger partial charge in [0.05, 0.1) is 11.5 Å². The van der Waals surface area contributed by atoms with Crippen LogP contribution in [-0.4, -0.2) is 21.7 Å². The fraction of sp³-hybridized carbons (Fsp3) is 0.375. The monoisotopic (exact) mass is 363 g/mol. The van der Waals surface area contributed by atoms with Crippen LogP contribution in [0.4, 0.5) is 5.69 Å². The summed E-state index contributed by atoms with van der Waals surface area (Å²) in [6.45, 7) is 2.41. The maximum Gasteiger partial charge on any atom is 0.270 e. The number of aromatic nitrogens is 2. The number of hydrogen-bond acceptors (Lipinski definition) is 7. The summed E-state index contributed by atoms with van der Waals surface area (Å²) in [5, 5.41) is 11.6. The lowest BCUT2D eigenvalue weighted by Gasteiger charge is -2.20. The van der Waals surface area contributed by atoms with Crippen LogP contribution in [0.25, 0.3) is 0 Å². The molecule has 1 N–H and O–H groups in total. The van der Waals surface area contributed by atoms with Crippen molar-refractivity contribution in [2.24, 2.45) is 0 Å². The van der Waals surface area contributed by atoms with Crippen LogP contribution in [0.3, 0.4) is 0 Å². The number of nitro benzene ring substituents is 1. The number of nitrogens with one attached hydrogen (secondary N) is 1. The number of ether oxygens (including phenoxy) is 2. The zero-order valence-electron chi connectivity index (χ0n) is 13.6. The van der Waals surface area contributed by atoms with Crippen LogP contribution in [0, 0.1) is 10.1 Å². The van der Waals surface area contributed by atoms with Crippen molar-refractivity contribution in [3.63, 3.8) is 0 Å². The predicted octanol–water partition coefficient (Wildman–Crippen LogP) is 2.79. The molecule has 0 radical (unpaired) electrons. The summed E-state index contributed by atoms with van der Waals surface area (Å²) in [5.74, 6) is 0.999. The lowest BCUT2D eigenvalue weighted by atomic mass is 10.1. The van der Waals surface area contributed by atoms with Crippen LogP contribution >= 0.6 is 11.8 Å². The Kier molecular flexibility index (Phi) is 5.34. The minimum absolute atomic E-state index is 0.00960. The third kappa shape index (κ3) is 4.18. The Bertz CT molecular complexity index is 852. The number of nitro groups is 1. The number of non-ortho nitro benzene ring substituents is 1. The summed E-state index contributed by atoms with van der Waals surface area (Å²) in [7, 11) is 0. The molecule has 132 valence electrons. The lowest BCUT2D eigenvalue weighted by molar-refractivity contribution is -0.385. The van der Waals surface area contributed by atoms with Crippen LogP contribution in [0.5, 0.6) is 5.75 Å². The molecule has 1 aromatic carbocycles. The molecule has 2 aromatic rings. The molecule has 3 rings (SSSR count). The van der Waals surface area contributed by atoms with Crippen molar-refractivity contribution >= 4 is 17.4 Å². The van der Waals surface area contributed by atoms with E-state index < -0.39 is 4.92 Å². The highest BCUT2D eigenvalue weighted by atomic mass is 32.2. The third-order valence-electron chi connectivity index (χ3n) is 3.63. The van der Waals surface area contributed by atoms with Gasteiger partial charge in [0.25, 0.3) is 11.2 Å². The first-order valence-corrected chi connectivity index (χ1v) is 8.79. The fourth-order valence-corrected chi connectivity index (χ4v) is 3.44. The molecular formula is C16H17N3O5S. The summed E-state index contributed by atoms with van der Waals surface area (Å²) >= 11 is 1.31. The van der Waals surface area contributed by atoms with E-state index in [0.717, 1.165) is 18.5 Å². The van der Waals surface area contributed by atoms with Crippen molar-refractivity contribution in [3.8, 4) is 5.75 Å². The van der Waals surface area contributed by atoms with Gasteiger partial charge in [-0.3, -0.25) is 14.9 Å². The molecule has 0 aliphatic carbocycles. The van der Waals surface area contributed by atoms with Crippen molar-refractivity contribution in [3.05, 3.63) is 55.5 Å². The maximum absolute atomic E-state index is 11.7. The third-order valence-corrected chi connectivity index (χ3v) is 4.55. The van der Waals surface area contributed by atoms with E-state index in [1.165, 1.54) is 30.0 Å². The summed E-state index contributed by atoms with van der Waals surface area (Å²) in [4.78, 5) is 29.5. The van der Waals surface area contributed by atoms with Gasteiger partial charge in [-0.25, -0.2) is 4.98 Å². The molecule has 0 saturated heterocycles. The van der Waals surface area contributed by atoms with Gasteiger partial charge in [0.15, 0.2) is 11.9 Å². The Hall–Kier alpha value is -2.39. The van der Waals surface area contributed by atoms with Gasteiger partial charge in [-0.1, -0.05) is 25.1 Å². The van der Waals surface area contributed by atoms with Gasteiger partial charge in [-0.2, -0.15) is 0 Å². The van der Waals surface area contributed by atoms with Crippen molar-refractivity contribution in [2.45, 2.75) is 37.3 Å². The van der Waals surface area contributed by atoms with Crippen LogP contribution in [0.2, 0.25) is 0 Å². The molecule has 0 saturated carbocycles. The number of nitrogens with zero attached hydrogens (tertiary/aromatic N) is 2. The molecule has 0 atom stereocenters. The molecule has 0 bridgehead atoms. The molecule has 1 aliphatic heterocycles. The Morgan fingerprint density at radius 3 is 3.00 bits per heavy atom. The topological polar surface area (TPSA) is 107 Å². The van der Waals surface area contributed by atoms with Crippen molar-refractivity contribution in [2.75, 3.05) is 6.79 Å². The number of thioether (sulfide) groups is 1. The van der Waals surface area contributed by atoms with E-state index in [1.54, 1.807) is 0 Å². The van der Waals surface area contributed by atoms with Gasteiger partial charge in [-0.15, -0.1) is 0 Å². The van der Waals surface area contributed by atoms with Crippen LogP contribution in [0.1, 0.15) is 30.2 Å². The van der Waals surface area contributed by atoms with E-state index in [2.05, 4.69) is 9.97 Å². The second-order valence-electron chi connectivity index (χ2n) is 5.54. The number of fused-ring (bicyclic) bond motifs is 1. The van der Waals surface area contributed by atoms with E-state index in [1.807, 2.05) is 6.92 Å². The highest BCUT2D eigenvalue weighted by Gasteiger charge is 2.21. The zero-order valence-corrected chi connectivity index (χ0v) is 14.4. The van der Waals surface area contributed by atoms with Gasteiger partial charge < -0.3 is 14.5 Å². The highest BCUT2D eigenvalue weighted by molar-refractivity contribution is 7.98. The molecular weight excluding hydrogens is 346 g/mol. The number of rotatable bonds is 6. The molecule has 8 nitrogen and oxygen atoms in total.